The highest BCUT2D eigenvalue weighted by molar-refractivity contribution is 5.90. The van der Waals surface area contributed by atoms with Crippen LogP contribution in [0.3, 0.4) is 0 Å². The molecule has 0 amide bonds. The number of rotatable bonds is 5. The fourth-order valence-electron chi connectivity index (χ4n) is 9.96. The normalized spacial score (nSPS) is 33.5. The number of Topliss-reactive ketones (excluding diaryl/α,β-unsaturated/α-hetero) is 1. The topological polar surface area (TPSA) is 84.6 Å². The van der Waals surface area contributed by atoms with Crippen molar-refractivity contribution in [2.24, 2.45) is 28.6 Å². The first-order chi connectivity index (χ1) is 21.6. The molecule has 4 aromatic rings. The summed E-state index contributed by atoms with van der Waals surface area (Å²) in [5.74, 6) is 0.363. The maximum Gasteiger partial charge on any atom is 0.202 e. The maximum absolute atomic E-state index is 13.8. The van der Waals surface area contributed by atoms with Crippen LogP contribution in [0.5, 0.6) is 5.75 Å². The molecule has 1 aromatic heterocycles. The van der Waals surface area contributed by atoms with Crippen molar-refractivity contribution in [1.82, 2.24) is 9.78 Å². The Kier molecular flexibility index (Phi) is 6.43. The van der Waals surface area contributed by atoms with Crippen molar-refractivity contribution in [3.8, 4) is 11.4 Å². The molecular formula is C38H39FN2O4. The van der Waals surface area contributed by atoms with Gasteiger partial charge in [0.25, 0.3) is 0 Å². The Hall–Kier alpha value is -3.81. The van der Waals surface area contributed by atoms with Gasteiger partial charge in [-0.2, -0.15) is 5.10 Å². The Bertz CT molecular complexity index is 1850. The Labute approximate surface area is 262 Å². The number of ketones is 1. The summed E-state index contributed by atoms with van der Waals surface area (Å²) in [6.07, 6.45) is 7.57. The second kappa shape index (κ2) is 10.1. The van der Waals surface area contributed by atoms with Gasteiger partial charge in [0.05, 0.1) is 23.7 Å². The molecule has 0 bridgehead atoms. The molecule has 3 aromatic carbocycles. The van der Waals surface area contributed by atoms with Gasteiger partial charge in [-0.3, -0.25) is 4.79 Å². The van der Waals surface area contributed by atoms with E-state index in [1.165, 1.54) is 17.7 Å². The Balaban J connectivity index is 1.04. The standard InChI is InChI=1S/C38H39FN2O4/c1-36-19-25-21-40-41(28-11-9-27(39)10-12-28)32(25)18-26(36)8-14-30-31-15-16-38(44,37(31,2)20-33(42)35(30)36)34(43)22-45-29-13-7-23-5-3-4-6-24(23)17-29/h3-7,9-13,17-18,21,30-31,33,35,42,44H,8,14-16,19-20,22H2,1-2H3/t30?,31?,33-,35?,36?,37?,38?/m0/s1. The minimum Gasteiger partial charge on any atom is -0.486 e. The van der Waals surface area contributed by atoms with Gasteiger partial charge in [0, 0.05) is 5.41 Å². The van der Waals surface area contributed by atoms with E-state index in [4.69, 9.17) is 4.74 Å². The van der Waals surface area contributed by atoms with Gasteiger partial charge >= 0.3 is 0 Å². The molecule has 3 saturated carbocycles. The van der Waals surface area contributed by atoms with E-state index in [0.29, 0.717) is 18.6 Å². The SMILES string of the molecule is CC12Cc3cnn(-c4ccc(F)cc4)c3C=C1CCC1C2[C@@H](O)CC2(C)C1CCC2(O)C(=O)COc1ccc2ccccc2c1. The van der Waals surface area contributed by atoms with Crippen LogP contribution in [0.1, 0.15) is 57.2 Å². The molecule has 4 aliphatic carbocycles. The van der Waals surface area contributed by atoms with Crippen LogP contribution in [0, 0.1) is 34.4 Å². The van der Waals surface area contributed by atoms with Crippen LogP contribution in [0.4, 0.5) is 4.39 Å². The van der Waals surface area contributed by atoms with Gasteiger partial charge in [0.1, 0.15) is 23.8 Å². The molecular weight excluding hydrogens is 567 g/mol. The molecule has 3 fully saturated rings. The summed E-state index contributed by atoms with van der Waals surface area (Å²) in [5.41, 5.74) is 1.74. The maximum atomic E-state index is 13.8. The Morgan fingerprint density at radius 2 is 1.84 bits per heavy atom. The number of benzene rings is 3. The second-order valence-corrected chi connectivity index (χ2v) is 14.4. The average Bonchev–Trinajstić information content (AvgIpc) is 3.55. The van der Waals surface area contributed by atoms with Crippen molar-refractivity contribution < 1.29 is 24.1 Å². The predicted molar refractivity (Wildman–Crippen MR) is 170 cm³/mol. The molecule has 232 valence electrons. The minimum atomic E-state index is -1.55. The number of aliphatic hydroxyl groups is 2. The smallest absolute Gasteiger partial charge is 0.202 e. The zero-order valence-electron chi connectivity index (χ0n) is 25.7. The lowest BCUT2D eigenvalue weighted by atomic mass is 9.45. The first-order valence-corrected chi connectivity index (χ1v) is 16.2. The molecule has 8 rings (SSSR count). The summed E-state index contributed by atoms with van der Waals surface area (Å²) in [7, 11) is 0. The van der Waals surface area contributed by atoms with E-state index in [1.54, 1.807) is 12.1 Å². The summed E-state index contributed by atoms with van der Waals surface area (Å²) in [5, 5.41) is 30.9. The van der Waals surface area contributed by atoms with Gasteiger partial charge in [0.2, 0.25) is 5.78 Å². The molecule has 45 heavy (non-hydrogen) atoms. The van der Waals surface area contributed by atoms with Crippen molar-refractivity contribution in [3.05, 3.63) is 95.6 Å². The van der Waals surface area contributed by atoms with Gasteiger partial charge in [-0.05, 0) is 121 Å². The van der Waals surface area contributed by atoms with Crippen molar-refractivity contribution in [1.29, 1.82) is 0 Å². The van der Waals surface area contributed by atoms with E-state index >= 15 is 0 Å². The third-order valence-electron chi connectivity index (χ3n) is 12.2. The van der Waals surface area contributed by atoms with E-state index in [-0.39, 0.29) is 41.4 Å². The number of fused-ring (bicyclic) bond motifs is 7. The predicted octanol–water partition coefficient (Wildman–Crippen LogP) is 6.70. The Morgan fingerprint density at radius 1 is 1.07 bits per heavy atom. The molecule has 6 unspecified atom stereocenters. The minimum absolute atomic E-state index is 0.0178. The quantitative estimate of drug-likeness (QED) is 0.264. The fourth-order valence-corrected chi connectivity index (χ4v) is 9.96. The summed E-state index contributed by atoms with van der Waals surface area (Å²) >= 11 is 0. The van der Waals surface area contributed by atoms with E-state index in [1.807, 2.05) is 60.3 Å². The van der Waals surface area contributed by atoms with Gasteiger partial charge in [-0.1, -0.05) is 49.8 Å². The monoisotopic (exact) mass is 606 g/mol. The third-order valence-corrected chi connectivity index (χ3v) is 12.2. The van der Waals surface area contributed by atoms with Crippen molar-refractivity contribution >= 4 is 22.6 Å². The highest BCUT2D eigenvalue weighted by Crippen LogP contribution is 2.67. The number of hydrogen-bond acceptors (Lipinski definition) is 5. The number of aromatic nitrogens is 2. The zero-order valence-corrected chi connectivity index (χ0v) is 25.7. The number of allylic oxidation sites excluding steroid dienone is 1. The summed E-state index contributed by atoms with van der Waals surface area (Å²) < 4.78 is 21.4. The molecule has 1 heterocycles. The summed E-state index contributed by atoms with van der Waals surface area (Å²) in [4.78, 5) is 13.8. The number of carbonyl (C=O) groups excluding carboxylic acids is 1. The van der Waals surface area contributed by atoms with Crippen molar-refractivity contribution in [2.75, 3.05) is 6.61 Å². The summed E-state index contributed by atoms with van der Waals surface area (Å²) in [6, 6.07) is 20.2. The van der Waals surface area contributed by atoms with Crippen molar-refractivity contribution in [2.45, 2.75) is 64.1 Å². The molecule has 0 spiro atoms. The molecule has 0 saturated heterocycles. The van der Waals surface area contributed by atoms with Gasteiger partial charge < -0.3 is 14.9 Å². The summed E-state index contributed by atoms with van der Waals surface area (Å²) in [6.45, 7) is 4.10. The van der Waals surface area contributed by atoms with E-state index < -0.39 is 17.1 Å². The lowest BCUT2D eigenvalue weighted by Crippen LogP contribution is -2.62. The van der Waals surface area contributed by atoms with Crippen LogP contribution in [0.15, 0.2) is 78.5 Å². The molecule has 7 atom stereocenters. The van der Waals surface area contributed by atoms with Gasteiger partial charge in [-0.15, -0.1) is 0 Å². The van der Waals surface area contributed by atoms with Crippen LogP contribution in [-0.2, 0) is 11.2 Å². The molecule has 0 radical (unpaired) electrons. The highest BCUT2D eigenvalue weighted by Gasteiger charge is 2.68. The highest BCUT2D eigenvalue weighted by atomic mass is 19.1. The first kappa shape index (κ1) is 28.6. The van der Waals surface area contributed by atoms with E-state index in [9.17, 15) is 19.4 Å². The number of carbonyl (C=O) groups is 1. The molecule has 0 aliphatic heterocycles. The molecule has 7 heteroatoms. The van der Waals surface area contributed by atoms with E-state index in [2.05, 4.69) is 18.1 Å². The fraction of sp³-hybridized carbons (Fsp3) is 0.421. The second-order valence-electron chi connectivity index (χ2n) is 14.4. The van der Waals surface area contributed by atoms with Crippen LogP contribution in [0.25, 0.3) is 22.5 Å². The van der Waals surface area contributed by atoms with Crippen LogP contribution in [-0.4, -0.2) is 44.1 Å². The van der Waals surface area contributed by atoms with Crippen molar-refractivity contribution in [3.63, 3.8) is 0 Å². The first-order valence-electron chi connectivity index (χ1n) is 16.2. The molecule has 4 aliphatic rings. The number of aliphatic hydroxyl groups excluding tert-OH is 1. The third kappa shape index (κ3) is 4.20. The van der Waals surface area contributed by atoms with Crippen LogP contribution in [0.2, 0.25) is 0 Å². The van der Waals surface area contributed by atoms with Crippen LogP contribution < -0.4 is 4.74 Å². The number of ether oxygens (including phenoxy) is 1. The van der Waals surface area contributed by atoms with Gasteiger partial charge in [-0.25, -0.2) is 9.07 Å². The zero-order chi connectivity index (χ0) is 31.1. The number of halogens is 1. The van der Waals surface area contributed by atoms with E-state index in [0.717, 1.165) is 53.4 Å². The lowest BCUT2D eigenvalue weighted by Gasteiger charge is -2.60. The molecule has 6 nitrogen and oxygen atoms in total. The number of nitrogens with zero attached hydrogens (tertiary/aromatic N) is 2. The lowest BCUT2D eigenvalue weighted by molar-refractivity contribution is -0.180. The molecule has 2 N–H and O–H groups in total. The largest absolute Gasteiger partial charge is 0.486 e. The van der Waals surface area contributed by atoms with Gasteiger partial charge in [0.15, 0.2) is 0 Å². The Morgan fingerprint density at radius 3 is 2.64 bits per heavy atom. The number of hydrogen-bond donors (Lipinski definition) is 2. The van der Waals surface area contributed by atoms with Crippen LogP contribution >= 0.6 is 0 Å². The average molecular weight is 607 g/mol.